The minimum absolute atomic E-state index is 0. The Balaban J connectivity index is 0. The Morgan fingerprint density at radius 1 is 1.83 bits per heavy atom. The van der Waals surface area contributed by atoms with E-state index in [2.05, 4.69) is 11.6 Å². The maximum Gasteiger partial charge on any atom is 1.00 e. The SMILES string of the molecule is O=C(O)[CH-]Cl.[Li+]. The van der Waals surface area contributed by atoms with Crippen molar-refractivity contribution >= 4 is 17.6 Å². The molecule has 6 heavy (non-hydrogen) atoms. The first kappa shape index (κ1) is 9.52. The Hall–Kier alpha value is 0.227. The summed E-state index contributed by atoms with van der Waals surface area (Å²) in [5.41, 5.74) is 0. The van der Waals surface area contributed by atoms with Gasteiger partial charge in [-0.15, -0.1) is 0 Å². The van der Waals surface area contributed by atoms with E-state index in [0.717, 1.165) is 0 Å². The van der Waals surface area contributed by atoms with Crippen LogP contribution in [0.25, 0.3) is 0 Å². The number of hydrogen-bond acceptors (Lipinski definition) is 1. The molecular weight excluding hydrogens is 98.4 g/mol. The van der Waals surface area contributed by atoms with Gasteiger partial charge in [-0.3, -0.25) is 4.79 Å². The van der Waals surface area contributed by atoms with Crippen LogP contribution in [-0.2, 0) is 4.79 Å². The number of aliphatic carboxylic acids is 1. The quantitative estimate of drug-likeness (QED) is 0.292. The van der Waals surface area contributed by atoms with Gasteiger partial charge in [0.2, 0.25) is 0 Å². The standard InChI is InChI=1S/C2H2ClO2.Li/c3-1-2(4)5;/h1H,(H,4,5);/q-1;+1. The average molecular weight is 100 g/mol. The summed E-state index contributed by atoms with van der Waals surface area (Å²) in [6, 6.07) is 0. The average Bonchev–Trinajstić information content (AvgIpc) is 1.38. The normalized spacial score (nSPS) is 5.50. The van der Waals surface area contributed by atoms with Gasteiger partial charge in [0.15, 0.2) is 5.97 Å². The summed E-state index contributed by atoms with van der Waals surface area (Å²) in [6.07, 6.45) is 0. The molecule has 0 bridgehead atoms. The fraction of sp³-hybridized carbons (Fsp3) is 0. The van der Waals surface area contributed by atoms with Gasteiger partial charge < -0.3 is 16.7 Å². The molecule has 30 valence electrons. The monoisotopic (exact) mass is 100.0 g/mol. The minimum atomic E-state index is -1.10. The van der Waals surface area contributed by atoms with E-state index in [1.807, 2.05) is 0 Å². The van der Waals surface area contributed by atoms with Crippen molar-refractivity contribution in [2.75, 3.05) is 0 Å². The van der Waals surface area contributed by atoms with Gasteiger partial charge in [0.05, 0.1) is 0 Å². The van der Waals surface area contributed by atoms with Crippen molar-refractivity contribution in [3.8, 4) is 0 Å². The molecule has 0 aliphatic rings. The number of rotatable bonds is 1. The van der Waals surface area contributed by atoms with Crippen molar-refractivity contribution in [1.82, 2.24) is 0 Å². The molecule has 2 nitrogen and oxygen atoms in total. The first-order valence-corrected chi connectivity index (χ1v) is 1.37. The molecular formula is C2H2ClLiO2. The van der Waals surface area contributed by atoms with Crippen LogP contribution in [0.4, 0.5) is 0 Å². The second-order valence-corrected chi connectivity index (χ2v) is 0.666. The Labute approximate surface area is 52.7 Å². The third kappa shape index (κ3) is 8.88. The largest absolute Gasteiger partial charge is 1.00 e. The van der Waals surface area contributed by atoms with E-state index in [-0.39, 0.29) is 18.9 Å². The van der Waals surface area contributed by atoms with Crippen LogP contribution in [0.3, 0.4) is 0 Å². The molecule has 0 saturated heterocycles. The second-order valence-electron chi connectivity index (χ2n) is 0.447. The Bertz CT molecular complexity index is 46.8. The number of carboxylic acid groups (broad SMARTS) is 1. The van der Waals surface area contributed by atoms with Crippen molar-refractivity contribution in [2.24, 2.45) is 0 Å². The van der Waals surface area contributed by atoms with Crippen LogP contribution in [-0.4, -0.2) is 11.1 Å². The van der Waals surface area contributed by atoms with E-state index in [1.54, 1.807) is 0 Å². The van der Waals surface area contributed by atoms with Crippen molar-refractivity contribution < 1.29 is 28.8 Å². The molecule has 0 unspecified atom stereocenters. The van der Waals surface area contributed by atoms with E-state index < -0.39 is 5.97 Å². The van der Waals surface area contributed by atoms with E-state index in [0.29, 0.717) is 5.88 Å². The summed E-state index contributed by atoms with van der Waals surface area (Å²) < 4.78 is 0. The molecule has 0 atom stereocenters. The maximum absolute atomic E-state index is 9.18. The predicted octanol–water partition coefficient (Wildman–Crippen LogP) is -2.52. The summed E-state index contributed by atoms with van der Waals surface area (Å²) in [6.45, 7) is 0. The number of hydrogen-bond donors (Lipinski definition) is 1. The van der Waals surface area contributed by atoms with Crippen LogP contribution in [0.5, 0.6) is 0 Å². The Kier molecular flexibility index (Phi) is 8.30. The van der Waals surface area contributed by atoms with Crippen molar-refractivity contribution in [2.45, 2.75) is 0 Å². The summed E-state index contributed by atoms with van der Waals surface area (Å²) in [5.74, 6) is -0.549. The van der Waals surface area contributed by atoms with Gasteiger partial charge in [0, 0.05) is 0 Å². The summed E-state index contributed by atoms with van der Waals surface area (Å²) in [5, 5.41) is 7.53. The summed E-state index contributed by atoms with van der Waals surface area (Å²) in [7, 11) is 0. The van der Waals surface area contributed by atoms with Crippen LogP contribution in [0, 0.1) is 5.88 Å². The zero-order valence-corrected chi connectivity index (χ0v) is 4.07. The molecule has 0 aliphatic carbocycles. The molecule has 0 spiro atoms. The molecule has 0 aliphatic heterocycles. The van der Waals surface area contributed by atoms with Crippen molar-refractivity contribution in [1.29, 1.82) is 0 Å². The fourth-order valence-electron chi connectivity index (χ4n) is 0. The third-order valence-electron chi connectivity index (χ3n) is 0.0933. The molecule has 0 aromatic carbocycles. The third-order valence-corrected chi connectivity index (χ3v) is 0.280. The van der Waals surface area contributed by atoms with Gasteiger partial charge in [-0.25, -0.2) is 5.88 Å². The van der Waals surface area contributed by atoms with Crippen LogP contribution in [0.15, 0.2) is 0 Å². The molecule has 0 rings (SSSR count). The zero-order chi connectivity index (χ0) is 4.28. The van der Waals surface area contributed by atoms with E-state index in [4.69, 9.17) is 5.11 Å². The van der Waals surface area contributed by atoms with Crippen LogP contribution < -0.4 is 18.9 Å². The maximum atomic E-state index is 9.18. The number of carbonyl (C=O) groups is 1. The first-order chi connectivity index (χ1) is 2.27. The van der Waals surface area contributed by atoms with Crippen LogP contribution in [0.1, 0.15) is 0 Å². The molecule has 0 aromatic heterocycles. The molecule has 0 heterocycles. The van der Waals surface area contributed by atoms with Gasteiger partial charge in [-0.1, -0.05) is 0 Å². The van der Waals surface area contributed by atoms with E-state index in [1.165, 1.54) is 0 Å². The van der Waals surface area contributed by atoms with Gasteiger partial charge in [-0.2, -0.15) is 0 Å². The van der Waals surface area contributed by atoms with E-state index >= 15 is 0 Å². The topological polar surface area (TPSA) is 37.3 Å². The van der Waals surface area contributed by atoms with E-state index in [9.17, 15) is 4.79 Å². The molecule has 0 amide bonds. The molecule has 0 aromatic rings. The minimum Gasteiger partial charge on any atom is -0.502 e. The van der Waals surface area contributed by atoms with Gasteiger partial charge in [-0.05, 0) is 0 Å². The molecule has 0 saturated carbocycles. The van der Waals surface area contributed by atoms with Crippen molar-refractivity contribution in [3.05, 3.63) is 5.88 Å². The Morgan fingerprint density at radius 3 is 2.00 bits per heavy atom. The molecule has 0 radical (unpaired) electrons. The van der Waals surface area contributed by atoms with Crippen LogP contribution in [0.2, 0.25) is 0 Å². The number of carboxylic acids is 1. The predicted molar refractivity (Wildman–Crippen MR) is 17.8 cm³/mol. The van der Waals surface area contributed by atoms with Crippen molar-refractivity contribution in [3.63, 3.8) is 0 Å². The van der Waals surface area contributed by atoms with Gasteiger partial charge in [0.1, 0.15) is 0 Å². The second kappa shape index (κ2) is 5.23. The smallest absolute Gasteiger partial charge is 0.502 e. The molecule has 0 fully saturated rings. The van der Waals surface area contributed by atoms with Crippen LogP contribution >= 0.6 is 11.6 Å². The fourth-order valence-corrected chi connectivity index (χ4v) is 0. The summed E-state index contributed by atoms with van der Waals surface area (Å²) in [4.78, 5) is 9.18. The molecule has 4 heteroatoms. The summed E-state index contributed by atoms with van der Waals surface area (Å²) >= 11 is 4.61. The Morgan fingerprint density at radius 2 is 2.00 bits per heavy atom. The van der Waals surface area contributed by atoms with Gasteiger partial charge in [0.25, 0.3) is 0 Å². The molecule has 1 N–H and O–H groups in total. The van der Waals surface area contributed by atoms with Gasteiger partial charge >= 0.3 is 18.9 Å². The number of halogens is 1. The first-order valence-electron chi connectivity index (χ1n) is 0.935. The zero-order valence-electron chi connectivity index (χ0n) is 3.31.